The second-order valence-electron chi connectivity index (χ2n) is 6.73. The predicted octanol–water partition coefficient (Wildman–Crippen LogP) is 2.31. The highest BCUT2D eigenvalue weighted by atomic mass is 32.2. The molecule has 0 bridgehead atoms. The van der Waals surface area contributed by atoms with Gasteiger partial charge in [0.25, 0.3) is 5.91 Å². The number of sulfone groups is 1. The maximum Gasteiger partial charge on any atom is 0.266 e. The predicted molar refractivity (Wildman–Crippen MR) is 115 cm³/mol. The largest absolute Gasteiger partial charge is 0.339 e. The molecule has 6 nitrogen and oxygen atoms in total. The van der Waals surface area contributed by atoms with Gasteiger partial charge in [-0.1, -0.05) is 54.3 Å². The Labute approximate surface area is 174 Å². The van der Waals surface area contributed by atoms with Crippen LogP contribution in [0.5, 0.6) is 0 Å². The number of nitrogens with zero attached hydrogens (tertiary/aromatic N) is 2. The molecule has 2 heterocycles. The van der Waals surface area contributed by atoms with Gasteiger partial charge in [0.15, 0.2) is 9.84 Å². The van der Waals surface area contributed by atoms with Gasteiger partial charge in [0.1, 0.15) is 4.32 Å². The number of amides is 2. The van der Waals surface area contributed by atoms with Gasteiger partial charge in [-0.3, -0.25) is 14.5 Å². The molecule has 0 spiro atoms. The number of carbonyl (C=O) groups excluding carboxylic acids is 2. The highest BCUT2D eigenvalue weighted by molar-refractivity contribution is 8.26. The number of hydrogen-bond acceptors (Lipinski definition) is 6. The van der Waals surface area contributed by atoms with E-state index in [4.69, 9.17) is 12.2 Å². The Hall–Kier alpha value is -1.71. The molecule has 3 rings (SSSR count). The minimum absolute atomic E-state index is 0.0213. The van der Waals surface area contributed by atoms with Gasteiger partial charge in [0.05, 0.1) is 16.4 Å². The Morgan fingerprint density at radius 3 is 2.68 bits per heavy atom. The number of rotatable bonds is 6. The van der Waals surface area contributed by atoms with Gasteiger partial charge in [-0.25, -0.2) is 8.42 Å². The lowest BCUT2D eigenvalue weighted by Gasteiger charge is -2.27. The highest BCUT2D eigenvalue weighted by Crippen LogP contribution is 2.32. The first-order valence-electron chi connectivity index (χ1n) is 9.11. The van der Waals surface area contributed by atoms with E-state index in [1.807, 2.05) is 37.3 Å². The van der Waals surface area contributed by atoms with E-state index in [9.17, 15) is 18.0 Å². The van der Waals surface area contributed by atoms with E-state index >= 15 is 0 Å². The Bertz CT molecular complexity index is 912. The van der Waals surface area contributed by atoms with E-state index in [1.54, 1.807) is 11.0 Å². The Morgan fingerprint density at radius 1 is 1.36 bits per heavy atom. The molecule has 2 aliphatic heterocycles. The van der Waals surface area contributed by atoms with Gasteiger partial charge in [-0.2, -0.15) is 0 Å². The van der Waals surface area contributed by atoms with Crippen molar-refractivity contribution in [1.29, 1.82) is 0 Å². The fourth-order valence-corrected chi connectivity index (χ4v) is 6.44. The molecule has 0 unspecified atom stereocenters. The van der Waals surface area contributed by atoms with Crippen molar-refractivity contribution in [1.82, 2.24) is 9.80 Å². The van der Waals surface area contributed by atoms with Crippen LogP contribution in [0.25, 0.3) is 6.08 Å². The molecule has 150 valence electrons. The lowest BCUT2D eigenvalue weighted by Crippen LogP contribution is -2.42. The average molecular weight is 439 g/mol. The Balaban J connectivity index is 1.62. The molecule has 2 fully saturated rings. The van der Waals surface area contributed by atoms with Crippen molar-refractivity contribution in [3.05, 3.63) is 40.8 Å². The van der Waals surface area contributed by atoms with Crippen LogP contribution in [-0.4, -0.2) is 65.0 Å². The maximum atomic E-state index is 12.7. The summed E-state index contributed by atoms with van der Waals surface area (Å²) >= 11 is 6.55. The monoisotopic (exact) mass is 438 g/mol. The van der Waals surface area contributed by atoms with Crippen LogP contribution < -0.4 is 0 Å². The Morgan fingerprint density at radius 2 is 2.07 bits per heavy atom. The summed E-state index contributed by atoms with van der Waals surface area (Å²) in [6, 6.07) is 9.24. The fraction of sp³-hybridized carbons (Fsp3) is 0.421. The van der Waals surface area contributed by atoms with Crippen LogP contribution in [0.15, 0.2) is 35.2 Å². The van der Waals surface area contributed by atoms with Crippen molar-refractivity contribution >= 4 is 56.0 Å². The topological polar surface area (TPSA) is 74.8 Å². The normalized spacial score (nSPS) is 22.8. The summed E-state index contributed by atoms with van der Waals surface area (Å²) in [4.78, 5) is 28.9. The summed E-state index contributed by atoms with van der Waals surface area (Å²) in [6.07, 6.45) is 2.39. The van der Waals surface area contributed by atoms with Gasteiger partial charge in [0, 0.05) is 25.6 Å². The van der Waals surface area contributed by atoms with Crippen LogP contribution in [-0.2, 0) is 19.4 Å². The maximum absolute atomic E-state index is 12.7. The first-order chi connectivity index (χ1) is 13.3. The van der Waals surface area contributed by atoms with Crippen molar-refractivity contribution in [3.8, 4) is 0 Å². The third kappa shape index (κ3) is 4.82. The minimum Gasteiger partial charge on any atom is -0.339 e. The first-order valence-corrected chi connectivity index (χ1v) is 12.2. The van der Waals surface area contributed by atoms with Crippen molar-refractivity contribution in [2.75, 3.05) is 24.6 Å². The van der Waals surface area contributed by atoms with E-state index in [2.05, 4.69) is 0 Å². The molecule has 0 N–H and O–H groups in total. The van der Waals surface area contributed by atoms with E-state index in [0.29, 0.717) is 22.2 Å². The van der Waals surface area contributed by atoms with Crippen LogP contribution in [0.4, 0.5) is 0 Å². The molecular weight excluding hydrogens is 416 g/mol. The third-order valence-corrected chi connectivity index (χ3v) is 7.96. The van der Waals surface area contributed by atoms with Crippen molar-refractivity contribution in [2.45, 2.75) is 25.8 Å². The van der Waals surface area contributed by atoms with Gasteiger partial charge in [0.2, 0.25) is 5.91 Å². The standard InChI is InChI=1S/C19H22N2O4S3/c1-2-20(15-9-11-28(24,25)13-15)17(22)8-10-21-18(23)16(27-19(21)26)12-14-6-4-3-5-7-14/h3-7,12,15H,2,8-11,13H2,1H3/b16-12+/t15-/m0/s1. The molecule has 2 aliphatic rings. The number of benzene rings is 1. The summed E-state index contributed by atoms with van der Waals surface area (Å²) in [5.74, 6) is -0.197. The zero-order valence-corrected chi connectivity index (χ0v) is 18.0. The molecule has 2 saturated heterocycles. The number of carbonyl (C=O) groups is 2. The molecule has 0 aromatic heterocycles. The van der Waals surface area contributed by atoms with Gasteiger partial charge < -0.3 is 4.90 Å². The first kappa shape index (κ1) is 21.0. The summed E-state index contributed by atoms with van der Waals surface area (Å²) in [5.41, 5.74) is 0.915. The average Bonchev–Trinajstić information content (AvgIpc) is 3.14. The minimum atomic E-state index is -3.06. The van der Waals surface area contributed by atoms with E-state index in [-0.39, 0.29) is 42.3 Å². The number of thiocarbonyl (C=S) groups is 1. The molecule has 0 aliphatic carbocycles. The van der Waals surface area contributed by atoms with Gasteiger partial charge >= 0.3 is 0 Å². The molecule has 0 radical (unpaired) electrons. The molecule has 28 heavy (non-hydrogen) atoms. The molecule has 1 atom stereocenters. The lowest BCUT2D eigenvalue weighted by atomic mass is 10.2. The summed E-state index contributed by atoms with van der Waals surface area (Å²) in [7, 11) is -3.06. The smallest absolute Gasteiger partial charge is 0.266 e. The molecular formula is C19H22N2O4S3. The van der Waals surface area contributed by atoms with Crippen LogP contribution in [0.2, 0.25) is 0 Å². The van der Waals surface area contributed by atoms with Crippen molar-refractivity contribution < 1.29 is 18.0 Å². The van der Waals surface area contributed by atoms with Crippen LogP contribution in [0.1, 0.15) is 25.3 Å². The van der Waals surface area contributed by atoms with Gasteiger partial charge in [-0.05, 0) is 25.0 Å². The summed E-state index contributed by atoms with van der Waals surface area (Å²) in [5, 5.41) is 0. The third-order valence-electron chi connectivity index (χ3n) is 4.83. The quantitative estimate of drug-likeness (QED) is 0.501. The lowest BCUT2D eigenvalue weighted by molar-refractivity contribution is -0.133. The van der Waals surface area contributed by atoms with Crippen molar-refractivity contribution in [3.63, 3.8) is 0 Å². The summed E-state index contributed by atoms with van der Waals surface area (Å²) < 4.78 is 23.8. The highest BCUT2D eigenvalue weighted by Gasteiger charge is 2.35. The molecule has 9 heteroatoms. The molecule has 2 amide bonds. The van der Waals surface area contributed by atoms with Crippen LogP contribution in [0.3, 0.4) is 0 Å². The zero-order chi connectivity index (χ0) is 20.3. The second kappa shape index (κ2) is 8.75. The Kier molecular flexibility index (Phi) is 6.57. The molecule has 1 aromatic carbocycles. The molecule has 0 saturated carbocycles. The zero-order valence-electron chi connectivity index (χ0n) is 15.5. The van der Waals surface area contributed by atoms with Crippen LogP contribution in [0, 0.1) is 0 Å². The van der Waals surface area contributed by atoms with Crippen molar-refractivity contribution in [2.24, 2.45) is 0 Å². The van der Waals surface area contributed by atoms with E-state index in [0.717, 1.165) is 5.56 Å². The fourth-order valence-electron chi connectivity index (χ4n) is 3.40. The number of hydrogen-bond donors (Lipinski definition) is 0. The number of thioether (sulfide) groups is 1. The second-order valence-corrected chi connectivity index (χ2v) is 10.6. The SMILES string of the molecule is CCN(C(=O)CCN1C(=O)/C(=C\c2ccccc2)SC1=S)[C@H]1CCS(=O)(=O)C1. The van der Waals surface area contributed by atoms with E-state index in [1.165, 1.54) is 16.7 Å². The van der Waals surface area contributed by atoms with Gasteiger partial charge in [-0.15, -0.1) is 0 Å². The summed E-state index contributed by atoms with van der Waals surface area (Å²) in [6.45, 7) is 2.49. The molecule has 1 aromatic rings. The van der Waals surface area contributed by atoms with Crippen LogP contribution >= 0.6 is 24.0 Å². The van der Waals surface area contributed by atoms with E-state index < -0.39 is 9.84 Å².